The zero-order valence-electron chi connectivity index (χ0n) is 40.3. The summed E-state index contributed by atoms with van der Waals surface area (Å²) in [4.78, 5) is 18.3. The fraction of sp³-hybridized carbons (Fsp3) is 0.0441. The monoisotopic (exact) mass is 934 g/mol. The highest BCUT2D eigenvalue weighted by Crippen LogP contribution is 2.65. The highest BCUT2D eigenvalue weighted by molar-refractivity contribution is 6.09. The minimum atomic E-state index is -0.611. The molecule has 73 heavy (non-hydrogen) atoms. The van der Waals surface area contributed by atoms with Crippen LogP contribution >= 0.6 is 0 Å². The van der Waals surface area contributed by atoms with Gasteiger partial charge in [-0.25, -0.2) is 15.0 Å². The largest absolute Gasteiger partial charge is 0.455 e. The molecule has 0 aliphatic heterocycles. The first-order valence-electron chi connectivity index (χ1n) is 25.0. The molecule has 0 amide bonds. The van der Waals surface area contributed by atoms with Crippen molar-refractivity contribution in [1.82, 2.24) is 15.0 Å². The fourth-order valence-electron chi connectivity index (χ4n) is 12.0. The molecule has 344 valence electrons. The molecule has 0 N–H and O–H groups in total. The number of rotatable bonds is 8. The molecule has 1 unspecified atom stereocenters. The molecule has 5 nitrogen and oxygen atoms in total. The molecule has 5 heteroatoms. The van der Waals surface area contributed by atoms with Gasteiger partial charge < -0.3 is 9.32 Å². The van der Waals surface area contributed by atoms with E-state index in [-0.39, 0.29) is 0 Å². The molecule has 0 bridgehead atoms. The van der Waals surface area contributed by atoms with Crippen molar-refractivity contribution < 1.29 is 4.42 Å². The molecule has 0 saturated heterocycles. The second-order valence-electron chi connectivity index (χ2n) is 19.0. The lowest BCUT2D eigenvalue weighted by atomic mass is 9.70. The van der Waals surface area contributed by atoms with E-state index in [2.05, 4.69) is 225 Å². The van der Waals surface area contributed by atoms with Crippen molar-refractivity contribution in [2.24, 2.45) is 0 Å². The van der Waals surface area contributed by atoms with Crippen LogP contribution in [0.1, 0.15) is 40.3 Å². The van der Waals surface area contributed by atoms with E-state index in [1.54, 1.807) is 0 Å². The maximum absolute atomic E-state index is 6.59. The number of para-hydroxylation sites is 3. The molecule has 1 atom stereocenters. The van der Waals surface area contributed by atoms with Crippen LogP contribution in [0.3, 0.4) is 0 Å². The zero-order chi connectivity index (χ0) is 48.6. The second kappa shape index (κ2) is 16.9. The molecule has 2 heterocycles. The molecule has 14 rings (SSSR count). The van der Waals surface area contributed by atoms with Crippen LogP contribution in [0.5, 0.6) is 0 Å². The van der Waals surface area contributed by atoms with Crippen molar-refractivity contribution in [1.29, 1.82) is 0 Å². The lowest BCUT2D eigenvalue weighted by Crippen LogP contribution is -2.25. The number of fused-ring (bicyclic) bond motifs is 13. The summed E-state index contributed by atoms with van der Waals surface area (Å²) < 4.78 is 6.59. The van der Waals surface area contributed by atoms with Crippen molar-refractivity contribution in [2.75, 3.05) is 4.90 Å². The number of hydrogen-bond acceptors (Lipinski definition) is 5. The van der Waals surface area contributed by atoms with Crippen molar-refractivity contribution >= 4 is 39.0 Å². The Hall–Kier alpha value is -9.45. The highest BCUT2D eigenvalue weighted by Gasteiger charge is 2.52. The molecule has 10 aromatic carbocycles. The van der Waals surface area contributed by atoms with Crippen molar-refractivity contribution in [3.8, 4) is 67.5 Å². The predicted octanol–water partition coefficient (Wildman–Crippen LogP) is 17.3. The van der Waals surface area contributed by atoms with Gasteiger partial charge in [0.2, 0.25) is 0 Å². The Morgan fingerprint density at radius 3 is 1.66 bits per heavy atom. The van der Waals surface area contributed by atoms with Gasteiger partial charge in [-0.1, -0.05) is 212 Å². The SMILES string of the molecule is CC=C(c1ccccc1)N(c1ccc(-c2cccc3c2-c2ccccc2C32c3ccccc3-c3c(-c4nc(-c5ccccc5)nc(-c5cccc6c5oc5ccccc56)n4)cccc32)cc1)c1ccccc1C. The lowest BCUT2D eigenvalue weighted by Gasteiger charge is -2.31. The van der Waals surface area contributed by atoms with E-state index in [4.69, 9.17) is 19.4 Å². The topological polar surface area (TPSA) is 55.1 Å². The van der Waals surface area contributed by atoms with Gasteiger partial charge in [-0.2, -0.15) is 0 Å². The summed E-state index contributed by atoms with van der Waals surface area (Å²) >= 11 is 0. The van der Waals surface area contributed by atoms with Crippen LogP contribution in [0.25, 0.3) is 95.2 Å². The Balaban J connectivity index is 0.953. The summed E-state index contributed by atoms with van der Waals surface area (Å²) in [7, 11) is 0. The molecular weight excluding hydrogens is 889 g/mol. The standard InChI is InChI=1S/C68H46N4O/c1-3-59(45-22-6-4-7-23-45)72(60-37-16-10-21-43(60)2)47-41-39-44(40-42-47)48-29-19-35-57-62(48)51-27-11-14-33-55(51)68(57)56-34-15-12-28-52(56)63-53(31-20-36-58(63)68)66-69-65(46-24-8-5-9-25-46)70-67(71-66)54-32-18-30-50-49-26-13-17-38-61(49)73-64(50)54/h3-42H,1-2H3. The van der Waals surface area contributed by atoms with Crippen molar-refractivity contribution in [3.05, 3.63) is 276 Å². The summed E-state index contributed by atoms with van der Waals surface area (Å²) in [6, 6.07) is 84.6. The van der Waals surface area contributed by atoms with Gasteiger partial charge in [-0.05, 0) is 111 Å². The van der Waals surface area contributed by atoms with Crippen molar-refractivity contribution in [2.45, 2.75) is 19.3 Å². The molecular formula is C68H46N4O. The van der Waals surface area contributed by atoms with E-state index >= 15 is 0 Å². The van der Waals surface area contributed by atoms with E-state index in [1.165, 1.54) is 50.1 Å². The van der Waals surface area contributed by atoms with E-state index in [1.807, 2.05) is 36.4 Å². The van der Waals surface area contributed by atoms with Crippen LogP contribution in [-0.2, 0) is 5.41 Å². The smallest absolute Gasteiger partial charge is 0.167 e. The van der Waals surface area contributed by atoms with Gasteiger partial charge in [0.1, 0.15) is 11.2 Å². The van der Waals surface area contributed by atoms with E-state index in [0.717, 1.165) is 72.4 Å². The molecule has 0 saturated carbocycles. The van der Waals surface area contributed by atoms with E-state index in [9.17, 15) is 0 Å². The van der Waals surface area contributed by atoms with Gasteiger partial charge >= 0.3 is 0 Å². The quantitative estimate of drug-likeness (QED) is 0.152. The number of furan rings is 1. The summed E-state index contributed by atoms with van der Waals surface area (Å²) in [6.45, 7) is 4.31. The first kappa shape index (κ1) is 42.4. The zero-order valence-corrected chi connectivity index (χ0v) is 40.3. The third-order valence-electron chi connectivity index (χ3n) is 15.1. The molecule has 0 radical (unpaired) electrons. The normalized spacial score (nSPS) is 14.3. The number of aryl methyl sites for hydroxylation is 1. The Bertz CT molecular complexity index is 4170. The Kier molecular flexibility index (Phi) is 9.80. The van der Waals surface area contributed by atoms with Crippen LogP contribution in [-0.4, -0.2) is 15.0 Å². The highest BCUT2D eigenvalue weighted by atomic mass is 16.3. The van der Waals surface area contributed by atoms with Crippen LogP contribution in [0.15, 0.2) is 247 Å². The van der Waals surface area contributed by atoms with Gasteiger partial charge in [-0.15, -0.1) is 0 Å². The molecule has 12 aromatic rings. The van der Waals surface area contributed by atoms with Gasteiger partial charge in [0.15, 0.2) is 17.5 Å². The number of hydrogen-bond donors (Lipinski definition) is 0. The van der Waals surface area contributed by atoms with Gasteiger partial charge in [0.05, 0.1) is 11.0 Å². The summed E-state index contributed by atoms with van der Waals surface area (Å²) in [6.07, 6.45) is 2.21. The summed E-state index contributed by atoms with van der Waals surface area (Å²) in [5, 5.41) is 2.08. The molecule has 0 fully saturated rings. The Morgan fingerprint density at radius 2 is 0.945 bits per heavy atom. The van der Waals surface area contributed by atoms with E-state index in [0.29, 0.717) is 17.5 Å². The van der Waals surface area contributed by atoms with Gasteiger partial charge in [-0.3, -0.25) is 0 Å². The summed E-state index contributed by atoms with van der Waals surface area (Å²) in [5.74, 6) is 1.76. The lowest BCUT2D eigenvalue weighted by molar-refractivity contribution is 0.669. The van der Waals surface area contributed by atoms with Gasteiger partial charge in [0.25, 0.3) is 0 Å². The minimum absolute atomic E-state index is 0.559. The number of benzene rings is 10. The molecule has 2 aliphatic carbocycles. The molecule has 1 spiro atoms. The minimum Gasteiger partial charge on any atom is -0.455 e. The molecule has 2 aliphatic rings. The first-order valence-corrected chi connectivity index (χ1v) is 25.0. The Labute approximate surface area is 424 Å². The predicted molar refractivity (Wildman–Crippen MR) is 299 cm³/mol. The average Bonchev–Trinajstić information content (AvgIpc) is 4.10. The number of nitrogens with zero attached hydrogens (tertiary/aromatic N) is 4. The van der Waals surface area contributed by atoms with Crippen LogP contribution in [0.2, 0.25) is 0 Å². The number of aromatic nitrogens is 3. The first-order chi connectivity index (χ1) is 36.1. The molecule has 2 aromatic heterocycles. The van der Waals surface area contributed by atoms with Crippen LogP contribution in [0.4, 0.5) is 11.4 Å². The fourth-order valence-corrected chi connectivity index (χ4v) is 12.0. The third kappa shape index (κ3) is 6.45. The van der Waals surface area contributed by atoms with Crippen LogP contribution < -0.4 is 4.90 Å². The maximum Gasteiger partial charge on any atom is 0.167 e. The summed E-state index contributed by atoms with van der Waals surface area (Å²) in [5.41, 5.74) is 21.5. The van der Waals surface area contributed by atoms with Crippen LogP contribution in [0, 0.1) is 6.92 Å². The second-order valence-corrected chi connectivity index (χ2v) is 19.0. The number of allylic oxidation sites excluding steroid dienone is 1. The average molecular weight is 935 g/mol. The maximum atomic E-state index is 6.59. The third-order valence-corrected chi connectivity index (χ3v) is 15.1. The Morgan fingerprint density at radius 1 is 0.425 bits per heavy atom. The van der Waals surface area contributed by atoms with Crippen molar-refractivity contribution in [3.63, 3.8) is 0 Å². The van der Waals surface area contributed by atoms with Gasteiger partial charge in [0, 0.05) is 39.0 Å². The number of anilines is 2. The van der Waals surface area contributed by atoms with E-state index < -0.39 is 5.41 Å².